The van der Waals surface area contributed by atoms with Crippen molar-refractivity contribution < 1.29 is 18.8 Å². The molecule has 0 rings (SSSR count). The maximum atomic E-state index is 11.5. The van der Waals surface area contributed by atoms with Crippen molar-refractivity contribution in [2.24, 2.45) is 0 Å². The molecule has 0 heterocycles. The lowest BCUT2D eigenvalue weighted by Crippen LogP contribution is -2.32. The van der Waals surface area contributed by atoms with Gasteiger partial charge in [-0.25, -0.2) is 0 Å². The molecule has 0 saturated carbocycles. The molecule has 0 aliphatic heterocycles. The number of hydrogen-bond acceptors (Lipinski definition) is 3. The van der Waals surface area contributed by atoms with E-state index in [0.29, 0.717) is 6.42 Å². The summed E-state index contributed by atoms with van der Waals surface area (Å²) in [6, 6.07) is 0. The maximum Gasteiger partial charge on any atom is 0.317 e. The van der Waals surface area contributed by atoms with E-state index in [1.807, 2.05) is 0 Å². The molecule has 0 aliphatic rings. The second-order valence-electron chi connectivity index (χ2n) is 3.76. The number of ketones is 1. The van der Waals surface area contributed by atoms with Crippen molar-refractivity contribution >= 4 is 14.0 Å². The monoisotopic (exact) mass is 222 g/mol. The van der Waals surface area contributed by atoms with Crippen LogP contribution in [0.25, 0.3) is 0 Å². The normalized spacial score (nSPS) is 14.0. The second-order valence-corrected chi connectivity index (χ2v) is 4.49. The average molecular weight is 222 g/mol. The number of carbonyl (C=O) groups is 1. The minimum atomic E-state index is -3.04. The maximum absolute atomic E-state index is 11.5. The largest absolute Gasteiger partial charge is 0.326 e. The second kappa shape index (κ2) is 6.33. The van der Waals surface area contributed by atoms with Crippen LogP contribution in [0, 0.1) is 0 Å². The van der Waals surface area contributed by atoms with Crippen LogP contribution in [-0.2, 0) is 13.9 Å². The number of unbranched alkanes of at least 4 members (excludes halogenated alkanes) is 2. The van der Waals surface area contributed by atoms with Crippen LogP contribution < -0.4 is 0 Å². The lowest BCUT2D eigenvalue weighted by atomic mass is 9.99. The molecule has 5 heteroatoms. The highest BCUT2D eigenvalue weighted by Crippen LogP contribution is 2.27. The standard InChI is InChI=1S/C9H19O4P/c1-4-5-6-7-8(10)9(2,3)13-14(11)12/h14H,4-7H2,1-3H3,(H,11,12). The summed E-state index contributed by atoms with van der Waals surface area (Å²) in [5, 5.41) is 0. The van der Waals surface area contributed by atoms with Gasteiger partial charge in [-0.1, -0.05) is 19.8 Å². The molecule has 0 spiro atoms. The summed E-state index contributed by atoms with van der Waals surface area (Å²) in [5.41, 5.74) is -1.13. The Morgan fingerprint density at radius 2 is 2.00 bits per heavy atom. The van der Waals surface area contributed by atoms with Gasteiger partial charge in [0.15, 0.2) is 5.78 Å². The van der Waals surface area contributed by atoms with E-state index in [1.54, 1.807) is 0 Å². The third kappa shape index (κ3) is 5.53. The van der Waals surface area contributed by atoms with Gasteiger partial charge in [0.2, 0.25) is 0 Å². The molecule has 0 aliphatic carbocycles. The van der Waals surface area contributed by atoms with Crippen LogP contribution in [0.2, 0.25) is 0 Å². The Bertz CT molecular complexity index is 213. The molecule has 14 heavy (non-hydrogen) atoms. The van der Waals surface area contributed by atoms with Gasteiger partial charge in [0.1, 0.15) is 5.60 Å². The van der Waals surface area contributed by atoms with Gasteiger partial charge < -0.3 is 4.89 Å². The van der Waals surface area contributed by atoms with E-state index in [2.05, 4.69) is 11.4 Å². The predicted octanol–water partition coefficient (Wildman–Crippen LogP) is 2.31. The molecule has 0 amide bonds. The smallest absolute Gasteiger partial charge is 0.317 e. The number of rotatable bonds is 7. The van der Waals surface area contributed by atoms with Gasteiger partial charge >= 0.3 is 8.25 Å². The van der Waals surface area contributed by atoms with Crippen molar-refractivity contribution in [3.05, 3.63) is 0 Å². The van der Waals surface area contributed by atoms with Crippen LogP contribution in [0.1, 0.15) is 46.5 Å². The first-order valence-electron chi connectivity index (χ1n) is 4.85. The zero-order valence-corrected chi connectivity index (χ0v) is 10.0. The van der Waals surface area contributed by atoms with Crippen LogP contribution in [0.15, 0.2) is 0 Å². The summed E-state index contributed by atoms with van der Waals surface area (Å²) in [4.78, 5) is 20.1. The molecule has 0 aromatic heterocycles. The first-order chi connectivity index (χ1) is 6.40. The molecule has 0 fully saturated rings. The highest BCUT2D eigenvalue weighted by molar-refractivity contribution is 7.32. The predicted molar refractivity (Wildman–Crippen MR) is 55.5 cm³/mol. The molecule has 0 aromatic carbocycles. The fourth-order valence-corrected chi connectivity index (χ4v) is 1.66. The molecule has 0 aromatic rings. The van der Waals surface area contributed by atoms with Crippen LogP contribution in [0.5, 0.6) is 0 Å². The summed E-state index contributed by atoms with van der Waals surface area (Å²) in [7, 11) is -3.04. The van der Waals surface area contributed by atoms with Gasteiger partial charge in [-0.05, 0) is 20.3 Å². The Kier molecular flexibility index (Phi) is 6.25. The SMILES string of the molecule is CCCCCC(=O)C(C)(C)O[PH](=O)O. The molecule has 84 valence electrons. The van der Waals surface area contributed by atoms with E-state index < -0.39 is 13.9 Å². The van der Waals surface area contributed by atoms with Crippen molar-refractivity contribution in [3.63, 3.8) is 0 Å². The van der Waals surface area contributed by atoms with E-state index >= 15 is 0 Å². The quantitative estimate of drug-likeness (QED) is 0.530. The first kappa shape index (κ1) is 13.8. The number of carbonyl (C=O) groups excluding carboxylic acids is 1. The first-order valence-corrected chi connectivity index (χ1v) is 6.11. The van der Waals surface area contributed by atoms with Crippen molar-refractivity contribution in [2.45, 2.75) is 52.1 Å². The zero-order chi connectivity index (χ0) is 11.2. The van der Waals surface area contributed by atoms with Crippen LogP contribution >= 0.6 is 8.25 Å². The van der Waals surface area contributed by atoms with Crippen molar-refractivity contribution in [1.82, 2.24) is 0 Å². The molecule has 1 atom stereocenters. The highest BCUT2D eigenvalue weighted by Gasteiger charge is 2.29. The Morgan fingerprint density at radius 3 is 2.43 bits per heavy atom. The molecule has 0 saturated heterocycles. The lowest BCUT2D eigenvalue weighted by Gasteiger charge is -2.21. The van der Waals surface area contributed by atoms with E-state index in [-0.39, 0.29) is 5.78 Å². The summed E-state index contributed by atoms with van der Waals surface area (Å²) in [5.74, 6) is -0.113. The molecule has 1 unspecified atom stereocenters. The molecular formula is C9H19O4P. The minimum Gasteiger partial charge on any atom is -0.326 e. The minimum absolute atomic E-state index is 0.113. The van der Waals surface area contributed by atoms with Gasteiger partial charge in [-0.3, -0.25) is 13.9 Å². The lowest BCUT2D eigenvalue weighted by molar-refractivity contribution is -0.132. The number of Topliss-reactive ketones (excluding diaryl/α,β-unsaturated/α-hetero) is 1. The van der Waals surface area contributed by atoms with Crippen LogP contribution in [0.4, 0.5) is 0 Å². The fraction of sp³-hybridized carbons (Fsp3) is 0.889. The van der Waals surface area contributed by atoms with Gasteiger partial charge in [0, 0.05) is 6.42 Å². The third-order valence-electron chi connectivity index (χ3n) is 2.02. The van der Waals surface area contributed by atoms with E-state index in [4.69, 9.17) is 4.89 Å². The van der Waals surface area contributed by atoms with E-state index in [0.717, 1.165) is 19.3 Å². The Hall–Kier alpha value is -0.180. The van der Waals surface area contributed by atoms with E-state index in [9.17, 15) is 9.36 Å². The molecular weight excluding hydrogens is 203 g/mol. The van der Waals surface area contributed by atoms with Crippen molar-refractivity contribution in [2.75, 3.05) is 0 Å². The van der Waals surface area contributed by atoms with Gasteiger partial charge in [0.25, 0.3) is 0 Å². The van der Waals surface area contributed by atoms with E-state index in [1.165, 1.54) is 13.8 Å². The van der Waals surface area contributed by atoms with Crippen molar-refractivity contribution in [3.8, 4) is 0 Å². The Labute approximate surface area is 85.6 Å². The summed E-state index contributed by atoms with van der Waals surface area (Å²) in [6.45, 7) is 5.11. The average Bonchev–Trinajstić information content (AvgIpc) is 2.02. The molecule has 4 nitrogen and oxygen atoms in total. The van der Waals surface area contributed by atoms with Gasteiger partial charge in [-0.2, -0.15) is 0 Å². The van der Waals surface area contributed by atoms with Gasteiger partial charge in [0.05, 0.1) is 0 Å². The summed E-state index contributed by atoms with van der Waals surface area (Å²) in [6.07, 6.45) is 3.27. The fourth-order valence-electron chi connectivity index (χ4n) is 1.11. The van der Waals surface area contributed by atoms with Crippen molar-refractivity contribution in [1.29, 1.82) is 0 Å². The third-order valence-corrected chi connectivity index (χ3v) is 2.71. The molecule has 0 radical (unpaired) electrons. The number of hydrogen-bond donors (Lipinski definition) is 1. The topological polar surface area (TPSA) is 63.6 Å². The summed E-state index contributed by atoms with van der Waals surface area (Å²) < 4.78 is 15.1. The summed E-state index contributed by atoms with van der Waals surface area (Å²) >= 11 is 0. The Morgan fingerprint density at radius 1 is 1.43 bits per heavy atom. The molecule has 1 N–H and O–H groups in total. The van der Waals surface area contributed by atoms with Crippen LogP contribution in [0.3, 0.4) is 0 Å². The Balaban J connectivity index is 4.01. The molecule has 0 bridgehead atoms. The highest BCUT2D eigenvalue weighted by atomic mass is 31.1. The van der Waals surface area contributed by atoms with Crippen LogP contribution in [-0.4, -0.2) is 16.3 Å². The zero-order valence-electron chi connectivity index (χ0n) is 9.00. The van der Waals surface area contributed by atoms with Gasteiger partial charge in [-0.15, -0.1) is 0 Å².